The van der Waals surface area contributed by atoms with Crippen LogP contribution < -0.4 is 9.47 Å². The molecule has 0 saturated carbocycles. The van der Waals surface area contributed by atoms with Crippen LogP contribution in [-0.4, -0.2) is 51.4 Å². The Labute approximate surface area is 152 Å². The molecule has 138 valence electrons. The van der Waals surface area contributed by atoms with Crippen molar-refractivity contribution in [2.24, 2.45) is 0 Å². The Balaban J connectivity index is 1.36. The van der Waals surface area contributed by atoms with Gasteiger partial charge in [0.05, 0.1) is 0 Å². The first-order chi connectivity index (χ1) is 12.8. The summed E-state index contributed by atoms with van der Waals surface area (Å²) in [7, 11) is 0. The van der Waals surface area contributed by atoms with Gasteiger partial charge < -0.3 is 18.9 Å². The monoisotopic (exact) mass is 356 g/mol. The Hall–Kier alpha value is -2.57. The SMILES string of the molecule is CCCn1cnnc1C1CCN(C(=O)C2COc3ccccc3O2)CC1. The summed E-state index contributed by atoms with van der Waals surface area (Å²) < 4.78 is 13.7. The molecule has 1 aromatic carbocycles. The lowest BCUT2D eigenvalue weighted by Gasteiger charge is -2.35. The lowest BCUT2D eigenvalue weighted by Crippen LogP contribution is -2.49. The first-order valence-electron chi connectivity index (χ1n) is 9.31. The molecule has 1 amide bonds. The van der Waals surface area contributed by atoms with Gasteiger partial charge in [0.1, 0.15) is 18.8 Å². The lowest BCUT2D eigenvalue weighted by atomic mass is 9.95. The normalized spacial score (nSPS) is 20.2. The summed E-state index contributed by atoms with van der Waals surface area (Å²) in [5, 5.41) is 8.37. The molecule has 1 atom stereocenters. The number of piperidine rings is 1. The number of likely N-dealkylation sites (tertiary alicyclic amines) is 1. The molecule has 0 N–H and O–H groups in total. The molecule has 0 bridgehead atoms. The highest BCUT2D eigenvalue weighted by molar-refractivity contribution is 5.82. The average molecular weight is 356 g/mol. The molecule has 3 heterocycles. The van der Waals surface area contributed by atoms with Gasteiger partial charge in [-0.1, -0.05) is 19.1 Å². The maximum atomic E-state index is 12.8. The number of aryl methyl sites for hydroxylation is 1. The minimum Gasteiger partial charge on any atom is -0.485 e. The number of nitrogens with zero attached hydrogens (tertiary/aromatic N) is 4. The minimum atomic E-state index is -0.565. The molecule has 0 radical (unpaired) electrons. The molecule has 1 fully saturated rings. The van der Waals surface area contributed by atoms with Crippen molar-refractivity contribution in [1.82, 2.24) is 19.7 Å². The maximum Gasteiger partial charge on any atom is 0.267 e. The Morgan fingerprint density at radius 1 is 1.23 bits per heavy atom. The van der Waals surface area contributed by atoms with Gasteiger partial charge in [-0.2, -0.15) is 0 Å². The first kappa shape index (κ1) is 16.9. The summed E-state index contributed by atoms with van der Waals surface area (Å²) in [5.41, 5.74) is 0. The fourth-order valence-electron chi connectivity index (χ4n) is 3.70. The Bertz CT molecular complexity index is 768. The zero-order valence-corrected chi connectivity index (χ0v) is 15.0. The van der Waals surface area contributed by atoms with E-state index in [1.165, 1.54) is 0 Å². The first-order valence-corrected chi connectivity index (χ1v) is 9.31. The highest BCUT2D eigenvalue weighted by Crippen LogP contribution is 2.32. The van der Waals surface area contributed by atoms with Crippen LogP contribution in [0.2, 0.25) is 0 Å². The van der Waals surface area contributed by atoms with Gasteiger partial charge in [-0.25, -0.2) is 0 Å². The van der Waals surface area contributed by atoms with Crippen molar-refractivity contribution in [2.45, 2.75) is 44.8 Å². The number of amides is 1. The Kier molecular flexibility index (Phi) is 4.77. The summed E-state index contributed by atoms with van der Waals surface area (Å²) >= 11 is 0. The van der Waals surface area contributed by atoms with Crippen molar-refractivity contribution < 1.29 is 14.3 Å². The molecule has 26 heavy (non-hydrogen) atoms. The van der Waals surface area contributed by atoms with Crippen LogP contribution in [0, 0.1) is 0 Å². The largest absolute Gasteiger partial charge is 0.485 e. The molecule has 4 rings (SSSR count). The third-order valence-corrected chi connectivity index (χ3v) is 5.07. The zero-order valence-electron chi connectivity index (χ0n) is 15.0. The average Bonchev–Trinajstić information content (AvgIpc) is 3.16. The van der Waals surface area contributed by atoms with E-state index in [0.717, 1.165) is 31.6 Å². The van der Waals surface area contributed by atoms with Crippen LogP contribution in [-0.2, 0) is 11.3 Å². The molecular weight excluding hydrogens is 332 g/mol. The highest BCUT2D eigenvalue weighted by Gasteiger charge is 2.34. The zero-order chi connectivity index (χ0) is 17.9. The summed E-state index contributed by atoms with van der Waals surface area (Å²) in [4.78, 5) is 14.7. The minimum absolute atomic E-state index is 0.00739. The molecule has 2 aliphatic rings. The number of para-hydroxylation sites is 2. The van der Waals surface area contributed by atoms with Crippen LogP contribution in [0.15, 0.2) is 30.6 Å². The second kappa shape index (κ2) is 7.35. The second-order valence-electron chi connectivity index (χ2n) is 6.85. The molecule has 7 heteroatoms. The van der Waals surface area contributed by atoms with Crippen LogP contribution in [0.1, 0.15) is 37.9 Å². The molecule has 2 aliphatic heterocycles. The van der Waals surface area contributed by atoms with Gasteiger partial charge in [0.2, 0.25) is 6.10 Å². The van der Waals surface area contributed by atoms with E-state index >= 15 is 0 Å². The molecule has 1 unspecified atom stereocenters. The third kappa shape index (κ3) is 3.25. The van der Waals surface area contributed by atoms with Gasteiger partial charge in [-0.3, -0.25) is 4.79 Å². The van der Waals surface area contributed by atoms with Gasteiger partial charge >= 0.3 is 0 Å². The third-order valence-electron chi connectivity index (χ3n) is 5.07. The topological polar surface area (TPSA) is 69.5 Å². The van der Waals surface area contributed by atoms with Crippen LogP contribution >= 0.6 is 0 Å². The predicted molar refractivity (Wildman–Crippen MR) is 95.2 cm³/mol. The Morgan fingerprint density at radius 3 is 2.77 bits per heavy atom. The van der Waals surface area contributed by atoms with Crippen LogP contribution in [0.5, 0.6) is 11.5 Å². The number of hydrogen-bond donors (Lipinski definition) is 0. The molecule has 0 spiro atoms. The number of carbonyl (C=O) groups is 1. The smallest absolute Gasteiger partial charge is 0.267 e. The maximum absolute atomic E-state index is 12.8. The second-order valence-corrected chi connectivity index (χ2v) is 6.85. The number of fused-ring (bicyclic) bond motifs is 1. The van der Waals surface area contributed by atoms with Crippen molar-refractivity contribution in [3.63, 3.8) is 0 Å². The van der Waals surface area contributed by atoms with Crippen molar-refractivity contribution in [3.05, 3.63) is 36.4 Å². The lowest BCUT2D eigenvalue weighted by molar-refractivity contribution is -0.142. The van der Waals surface area contributed by atoms with Crippen molar-refractivity contribution in [2.75, 3.05) is 19.7 Å². The van der Waals surface area contributed by atoms with E-state index in [-0.39, 0.29) is 12.5 Å². The van der Waals surface area contributed by atoms with Gasteiger partial charge in [0.15, 0.2) is 11.5 Å². The van der Waals surface area contributed by atoms with E-state index in [4.69, 9.17) is 9.47 Å². The number of aromatic nitrogens is 3. The number of ether oxygens (including phenoxy) is 2. The van der Waals surface area contributed by atoms with Gasteiger partial charge in [-0.05, 0) is 31.4 Å². The van der Waals surface area contributed by atoms with Crippen LogP contribution in [0.4, 0.5) is 0 Å². The molecular formula is C19H24N4O3. The summed E-state index contributed by atoms with van der Waals surface area (Å²) in [6.45, 7) is 4.78. The van der Waals surface area contributed by atoms with E-state index in [1.807, 2.05) is 29.2 Å². The van der Waals surface area contributed by atoms with Gasteiger partial charge in [0.25, 0.3) is 5.91 Å². The molecule has 0 aliphatic carbocycles. The quantitative estimate of drug-likeness (QED) is 0.840. The van der Waals surface area contributed by atoms with Crippen molar-refractivity contribution >= 4 is 5.91 Å². The molecule has 1 aromatic heterocycles. The van der Waals surface area contributed by atoms with E-state index in [0.29, 0.717) is 30.5 Å². The standard InChI is InChI=1S/C19H24N4O3/c1-2-9-23-13-20-21-18(23)14-7-10-22(11-8-14)19(24)17-12-25-15-5-3-4-6-16(15)26-17/h3-6,13-14,17H,2,7-12H2,1H3. The summed E-state index contributed by atoms with van der Waals surface area (Å²) in [5.74, 6) is 2.75. The number of benzene rings is 1. The van der Waals surface area contributed by atoms with Crippen molar-refractivity contribution in [3.8, 4) is 11.5 Å². The van der Waals surface area contributed by atoms with Crippen molar-refractivity contribution in [1.29, 1.82) is 0 Å². The number of hydrogen-bond acceptors (Lipinski definition) is 5. The molecule has 2 aromatic rings. The predicted octanol–water partition coefficient (Wildman–Crippen LogP) is 2.23. The molecule has 7 nitrogen and oxygen atoms in total. The van der Waals surface area contributed by atoms with E-state index in [2.05, 4.69) is 21.7 Å². The van der Waals surface area contributed by atoms with Gasteiger partial charge in [0, 0.05) is 25.6 Å². The highest BCUT2D eigenvalue weighted by atomic mass is 16.6. The van der Waals surface area contributed by atoms with Crippen LogP contribution in [0.25, 0.3) is 0 Å². The fourth-order valence-corrected chi connectivity index (χ4v) is 3.70. The summed E-state index contributed by atoms with van der Waals surface area (Å²) in [6.07, 6.45) is 4.10. The van der Waals surface area contributed by atoms with Crippen LogP contribution in [0.3, 0.4) is 0 Å². The number of rotatable bonds is 4. The Morgan fingerprint density at radius 2 is 2.00 bits per heavy atom. The van der Waals surface area contributed by atoms with Gasteiger partial charge in [-0.15, -0.1) is 10.2 Å². The fraction of sp³-hybridized carbons (Fsp3) is 0.526. The summed E-state index contributed by atoms with van der Waals surface area (Å²) in [6, 6.07) is 7.47. The van der Waals surface area contributed by atoms with E-state index in [9.17, 15) is 4.79 Å². The number of carbonyl (C=O) groups excluding carboxylic acids is 1. The van der Waals surface area contributed by atoms with E-state index < -0.39 is 6.10 Å². The molecule has 1 saturated heterocycles. The van der Waals surface area contributed by atoms with E-state index in [1.54, 1.807) is 6.33 Å².